The first kappa shape index (κ1) is 28.0. The number of benzene rings is 1. The molecular weight excluding hydrogens is 532 g/mol. The van der Waals surface area contributed by atoms with Crippen molar-refractivity contribution in [3.63, 3.8) is 0 Å². The summed E-state index contributed by atoms with van der Waals surface area (Å²) in [5.74, 6) is 1.39. The number of pyridine rings is 1. The van der Waals surface area contributed by atoms with Gasteiger partial charge in [-0.15, -0.1) is 0 Å². The number of sulfone groups is 1. The number of nitrogens with zero attached hydrogens (tertiary/aromatic N) is 4. The molecule has 5 rings (SSSR count). The quantitative estimate of drug-likeness (QED) is 0.392. The second kappa shape index (κ2) is 12.3. The highest BCUT2D eigenvalue weighted by Crippen LogP contribution is 2.32. The summed E-state index contributed by atoms with van der Waals surface area (Å²) >= 11 is 0. The van der Waals surface area contributed by atoms with E-state index in [0.717, 1.165) is 48.5 Å². The number of anilines is 1. The number of ether oxygens (including phenoxy) is 2. The smallest absolute Gasteiger partial charge is 0.321 e. The molecule has 1 aliphatic carbocycles. The molecule has 0 bridgehead atoms. The summed E-state index contributed by atoms with van der Waals surface area (Å²) in [5, 5.41) is 2.93. The van der Waals surface area contributed by atoms with Crippen LogP contribution in [-0.4, -0.2) is 71.7 Å². The van der Waals surface area contributed by atoms with Gasteiger partial charge in [0.2, 0.25) is 5.88 Å². The van der Waals surface area contributed by atoms with Gasteiger partial charge < -0.3 is 25.4 Å². The zero-order chi connectivity index (χ0) is 28.1. The Morgan fingerprint density at radius 3 is 2.58 bits per heavy atom. The molecule has 2 aromatic heterocycles. The molecule has 1 atom stereocenters. The Balaban J connectivity index is 1.14. The van der Waals surface area contributed by atoms with E-state index in [9.17, 15) is 13.2 Å². The summed E-state index contributed by atoms with van der Waals surface area (Å²) in [6, 6.07) is 9.08. The fraction of sp³-hybridized carbons (Fsp3) is 0.500. The minimum atomic E-state index is -3.30. The molecule has 3 heterocycles. The van der Waals surface area contributed by atoms with E-state index in [1.54, 1.807) is 18.6 Å². The molecular formula is C28H36N6O5S. The van der Waals surface area contributed by atoms with Crippen molar-refractivity contribution in [1.29, 1.82) is 0 Å². The van der Waals surface area contributed by atoms with Crippen LogP contribution in [0.5, 0.6) is 11.6 Å². The fourth-order valence-corrected chi connectivity index (χ4v) is 5.76. The molecule has 1 saturated carbocycles. The predicted octanol–water partition coefficient (Wildman–Crippen LogP) is 3.86. The zero-order valence-electron chi connectivity index (χ0n) is 22.7. The fourth-order valence-electron chi connectivity index (χ4n) is 5.24. The molecule has 40 heavy (non-hydrogen) atoms. The third-order valence-corrected chi connectivity index (χ3v) is 8.94. The van der Waals surface area contributed by atoms with Gasteiger partial charge in [-0.2, -0.15) is 0 Å². The maximum absolute atomic E-state index is 12.9. The summed E-state index contributed by atoms with van der Waals surface area (Å²) in [7, 11) is -3.30. The molecule has 3 N–H and O–H groups in total. The van der Waals surface area contributed by atoms with Crippen molar-refractivity contribution in [2.75, 3.05) is 31.3 Å². The maximum atomic E-state index is 12.9. The number of hydrogen-bond donors (Lipinski definition) is 2. The standard InChI is InChI=1S/C28H36N6O5S/c1-40(36,37)25(29)12-15-38-22-7-8-23-24(16-22)31-18-32-27(23)19-10-13-34(14-11-19)28(35)33-20-6-9-26(30-17-20)39-21-4-2-3-5-21/h6-9,16-19,21,25H,2-5,10-15,29H2,1H3,(H,33,35). The molecule has 214 valence electrons. The predicted molar refractivity (Wildman–Crippen MR) is 152 cm³/mol. The summed E-state index contributed by atoms with van der Waals surface area (Å²) in [6.45, 7) is 1.41. The van der Waals surface area contributed by atoms with Gasteiger partial charge in [-0.05, 0) is 56.7 Å². The van der Waals surface area contributed by atoms with E-state index in [1.165, 1.54) is 12.8 Å². The van der Waals surface area contributed by atoms with Gasteiger partial charge in [0.25, 0.3) is 0 Å². The molecule has 1 saturated heterocycles. The van der Waals surface area contributed by atoms with Crippen molar-refractivity contribution < 1.29 is 22.7 Å². The van der Waals surface area contributed by atoms with Gasteiger partial charge >= 0.3 is 6.03 Å². The lowest BCUT2D eigenvalue weighted by atomic mass is 9.91. The van der Waals surface area contributed by atoms with Crippen LogP contribution in [0, 0.1) is 0 Å². The Bertz CT molecular complexity index is 1420. The third-order valence-electron chi connectivity index (χ3n) is 7.61. The molecule has 1 aromatic carbocycles. The number of hydrogen-bond acceptors (Lipinski definition) is 9. The molecule has 0 spiro atoms. The van der Waals surface area contributed by atoms with Crippen LogP contribution < -0.4 is 20.5 Å². The number of piperidine rings is 1. The Hall–Kier alpha value is -3.51. The minimum absolute atomic E-state index is 0.144. The molecule has 11 nitrogen and oxygen atoms in total. The Labute approximate surface area is 234 Å². The Kier molecular flexibility index (Phi) is 8.65. The highest BCUT2D eigenvalue weighted by atomic mass is 32.2. The van der Waals surface area contributed by atoms with Gasteiger partial charge in [0.15, 0.2) is 9.84 Å². The Morgan fingerprint density at radius 2 is 1.88 bits per heavy atom. The normalized spacial score (nSPS) is 17.6. The van der Waals surface area contributed by atoms with Gasteiger partial charge in [-0.25, -0.2) is 28.2 Å². The number of aromatic nitrogens is 3. The van der Waals surface area contributed by atoms with E-state index in [1.807, 2.05) is 29.2 Å². The van der Waals surface area contributed by atoms with Gasteiger partial charge in [0.05, 0.1) is 29.7 Å². The highest BCUT2D eigenvalue weighted by molar-refractivity contribution is 7.91. The van der Waals surface area contributed by atoms with Crippen LogP contribution in [0.1, 0.15) is 56.6 Å². The lowest BCUT2D eigenvalue weighted by Crippen LogP contribution is -2.40. The van der Waals surface area contributed by atoms with E-state index in [-0.39, 0.29) is 31.1 Å². The topological polar surface area (TPSA) is 150 Å². The van der Waals surface area contributed by atoms with Crippen LogP contribution in [0.4, 0.5) is 10.5 Å². The molecule has 3 aromatic rings. The average molecular weight is 569 g/mol. The van der Waals surface area contributed by atoms with Crippen molar-refractivity contribution in [2.24, 2.45) is 5.73 Å². The number of nitrogens with one attached hydrogen (secondary N) is 1. The summed E-state index contributed by atoms with van der Waals surface area (Å²) in [6.07, 6.45) is 10.9. The van der Waals surface area contributed by atoms with Gasteiger partial charge in [0, 0.05) is 49.2 Å². The number of carbonyl (C=O) groups is 1. The van der Waals surface area contributed by atoms with Crippen LogP contribution in [-0.2, 0) is 9.84 Å². The van der Waals surface area contributed by atoms with Crippen molar-refractivity contribution in [3.05, 3.63) is 48.5 Å². The van der Waals surface area contributed by atoms with E-state index in [0.29, 0.717) is 30.4 Å². The molecule has 1 unspecified atom stereocenters. The first-order chi connectivity index (χ1) is 19.3. The number of rotatable bonds is 9. The second-order valence-corrected chi connectivity index (χ2v) is 12.8. The van der Waals surface area contributed by atoms with E-state index in [2.05, 4.69) is 20.3 Å². The molecule has 0 radical (unpaired) electrons. The Morgan fingerprint density at radius 1 is 1.10 bits per heavy atom. The lowest BCUT2D eigenvalue weighted by molar-refractivity contribution is 0.194. The first-order valence-corrected chi connectivity index (χ1v) is 15.7. The number of amides is 2. The van der Waals surface area contributed by atoms with E-state index >= 15 is 0 Å². The summed E-state index contributed by atoms with van der Waals surface area (Å²) in [5.41, 5.74) is 8.03. The van der Waals surface area contributed by atoms with Gasteiger partial charge in [0.1, 0.15) is 23.6 Å². The van der Waals surface area contributed by atoms with Crippen molar-refractivity contribution in [2.45, 2.75) is 62.3 Å². The number of urea groups is 1. The van der Waals surface area contributed by atoms with Gasteiger partial charge in [-0.1, -0.05) is 0 Å². The molecule has 1 aliphatic heterocycles. The average Bonchev–Trinajstić information content (AvgIpc) is 3.46. The zero-order valence-corrected chi connectivity index (χ0v) is 23.5. The minimum Gasteiger partial charge on any atom is -0.493 e. The first-order valence-electron chi connectivity index (χ1n) is 13.8. The monoisotopic (exact) mass is 568 g/mol. The number of carbonyl (C=O) groups excluding carboxylic acids is 1. The summed E-state index contributed by atoms with van der Waals surface area (Å²) < 4.78 is 34.6. The van der Waals surface area contributed by atoms with E-state index < -0.39 is 15.2 Å². The van der Waals surface area contributed by atoms with Crippen LogP contribution in [0.2, 0.25) is 0 Å². The number of fused-ring (bicyclic) bond motifs is 1. The lowest BCUT2D eigenvalue weighted by Gasteiger charge is -2.32. The second-order valence-electron chi connectivity index (χ2n) is 10.5. The SMILES string of the molecule is CS(=O)(=O)C(N)CCOc1ccc2c(C3CCN(C(=O)Nc4ccc(OC5CCCC5)nc4)CC3)ncnc2c1. The molecule has 2 amide bonds. The van der Waals surface area contributed by atoms with Crippen LogP contribution in [0.15, 0.2) is 42.9 Å². The van der Waals surface area contributed by atoms with Crippen LogP contribution >= 0.6 is 0 Å². The van der Waals surface area contributed by atoms with Crippen molar-refractivity contribution in [1.82, 2.24) is 19.9 Å². The molecule has 2 fully saturated rings. The molecule has 2 aliphatic rings. The van der Waals surface area contributed by atoms with Gasteiger partial charge in [-0.3, -0.25) is 0 Å². The molecule has 12 heteroatoms. The van der Waals surface area contributed by atoms with E-state index in [4.69, 9.17) is 15.2 Å². The third kappa shape index (κ3) is 6.97. The largest absolute Gasteiger partial charge is 0.493 e. The van der Waals surface area contributed by atoms with Crippen molar-refractivity contribution in [3.8, 4) is 11.6 Å². The maximum Gasteiger partial charge on any atom is 0.321 e. The van der Waals surface area contributed by atoms with Crippen molar-refractivity contribution >= 4 is 32.5 Å². The van der Waals surface area contributed by atoms with Crippen LogP contribution in [0.25, 0.3) is 10.9 Å². The highest BCUT2D eigenvalue weighted by Gasteiger charge is 2.26. The number of likely N-dealkylation sites (tertiary alicyclic amines) is 1. The van der Waals surface area contributed by atoms with Crippen LogP contribution in [0.3, 0.4) is 0 Å². The number of nitrogens with two attached hydrogens (primary N) is 1. The summed E-state index contributed by atoms with van der Waals surface area (Å²) in [4.78, 5) is 28.0.